The smallest absolute Gasteiger partial charge is 0.225 e. The highest BCUT2D eigenvalue weighted by Gasteiger charge is 2.18. The molecular weight excluding hydrogens is 306 g/mol. The molecule has 1 amide bonds. The van der Waals surface area contributed by atoms with Crippen molar-refractivity contribution in [1.29, 1.82) is 0 Å². The number of amides is 1. The first-order valence-electron chi connectivity index (χ1n) is 7.69. The summed E-state index contributed by atoms with van der Waals surface area (Å²) < 4.78 is 1.86. The molecule has 124 valence electrons. The molecule has 24 heavy (non-hydrogen) atoms. The molecular formula is C16H19N7O. The molecule has 0 saturated carbocycles. The number of nitrogens with one attached hydrogen (secondary N) is 2. The van der Waals surface area contributed by atoms with Crippen molar-refractivity contribution in [2.45, 2.75) is 33.2 Å². The molecule has 3 aromatic rings. The average molecular weight is 325 g/mol. The molecule has 2 N–H and O–H groups in total. The van der Waals surface area contributed by atoms with Gasteiger partial charge in [-0.15, -0.1) is 10.2 Å². The average Bonchev–Trinajstić information content (AvgIpc) is 3.20. The van der Waals surface area contributed by atoms with Crippen LogP contribution in [0.4, 0.5) is 0 Å². The first-order chi connectivity index (χ1) is 11.6. The fourth-order valence-electron chi connectivity index (χ4n) is 2.62. The first-order valence-corrected chi connectivity index (χ1v) is 7.69. The summed E-state index contributed by atoms with van der Waals surface area (Å²) in [7, 11) is 0. The third kappa shape index (κ3) is 3.17. The van der Waals surface area contributed by atoms with Crippen LogP contribution in [0.1, 0.15) is 35.7 Å². The lowest BCUT2D eigenvalue weighted by molar-refractivity contribution is -0.121. The van der Waals surface area contributed by atoms with Crippen molar-refractivity contribution in [2.75, 3.05) is 0 Å². The molecule has 0 saturated heterocycles. The summed E-state index contributed by atoms with van der Waals surface area (Å²) in [5.74, 6) is 0.350. The lowest BCUT2D eigenvalue weighted by atomic mass is 10.1. The Morgan fingerprint density at radius 2 is 2.04 bits per heavy atom. The molecule has 2 aromatic heterocycles. The maximum atomic E-state index is 12.3. The molecule has 0 radical (unpaired) electrons. The van der Waals surface area contributed by atoms with Gasteiger partial charge in [-0.05, 0) is 32.9 Å². The molecule has 8 heteroatoms. The van der Waals surface area contributed by atoms with Crippen LogP contribution in [0.2, 0.25) is 0 Å². The molecule has 0 spiro atoms. The van der Waals surface area contributed by atoms with Crippen LogP contribution >= 0.6 is 0 Å². The van der Waals surface area contributed by atoms with Crippen molar-refractivity contribution >= 4 is 5.91 Å². The summed E-state index contributed by atoms with van der Waals surface area (Å²) in [4.78, 5) is 12.3. The Bertz CT molecular complexity index is 824. The molecule has 2 heterocycles. The predicted octanol–water partition coefficient (Wildman–Crippen LogP) is 1.42. The third-order valence-corrected chi connectivity index (χ3v) is 3.91. The van der Waals surface area contributed by atoms with Crippen molar-refractivity contribution in [3.8, 4) is 5.69 Å². The number of rotatable bonds is 5. The monoisotopic (exact) mass is 325 g/mol. The molecule has 0 bridgehead atoms. The SMILES string of the molecule is Cc1nn(-c2ccccc2)c(C)c1CC(=O)NC(C)c1nn[nH]n1. The van der Waals surface area contributed by atoms with E-state index in [0.29, 0.717) is 5.82 Å². The Balaban J connectivity index is 1.76. The van der Waals surface area contributed by atoms with Gasteiger partial charge < -0.3 is 5.32 Å². The van der Waals surface area contributed by atoms with Crippen LogP contribution in [0.25, 0.3) is 5.69 Å². The van der Waals surface area contributed by atoms with E-state index in [1.165, 1.54) is 0 Å². The summed E-state index contributed by atoms with van der Waals surface area (Å²) >= 11 is 0. The van der Waals surface area contributed by atoms with E-state index in [0.717, 1.165) is 22.6 Å². The normalized spacial score (nSPS) is 12.1. The van der Waals surface area contributed by atoms with Gasteiger partial charge in [0.2, 0.25) is 5.91 Å². The van der Waals surface area contributed by atoms with Gasteiger partial charge in [-0.2, -0.15) is 10.3 Å². The Morgan fingerprint density at radius 3 is 2.71 bits per heavy atom. The van der Waals surface area contributed by atoms with Gasteiger partial charge in [-0.1, -0.05) is 23.4 Å². The Labute approximate surface area is 139 Å². The second-order valence-corrected chi connectivity index (χ2v) is 5.63. The molecule has 0 aliphatic heterocycles. The molecule has 8 nitrogen and oxygen atoms in total. The Morgan fingerprint density at radius 1 is 1.29 bits per heavy atom. The number of para-hydroxylation sites is 1. The number of carbonyl (C=O) groups is 1. The number of benzene rings is 1. The highest BCUT2D eigenvalue weighted by molar-refractivity contribution is 5.79. The number of nitrogens with zero attached hydrogens (tertiary/aromatic N) is 5. The van der Waals surface area contributed by atoms with Crippen molar-refractivity contribution in [2.24, 2.45) is 0 Å². The fourth-order valence-corrected chi connectivity index (χ4v) is 2.62. The number of aromatic amines is 1. The zero-order chi connectivity index (χ0) is 17.1. The minimum atomic E-state index is -0.305. The zero-order valence-electron chi connectivity index (χ0n) is 13.8. The Kier molecular flexibility index (Phi) is 4.37. The van der Waals surface area contributed by atoms with Gasteiger partial charge >= 0.3 is 0 Å². The lowest BCUT2D eigenvalue weighted by Gasteiger charge is -2.10. The number of carbonyl (C=O) groups excluding carboxylic acids is 1. The van der Waals surface area contributed by atoms with Crippen molar-refractivity contribution in [1.82, 2.24) is 35.7 Å². The van der Waals surface area contributed by atoms with E-state index >= 15 is 0 Å². The molecule has 0 fully saturated rings. The van der Waals surface area contributed by atoms with Gasteiger partial charge in [0.05, 0.1) is 23.8 Å². The maximum absolute atomic E-state index is 12.3. The highest BCUT2D eigenvalue weighted by atomic mass is 16.1. The minimum Gasteiger partial charge on any atom is -0.346 e. The molecule has 3 rings (SSSR count). The van der Waals surface area contributed by atoms with Crippen LogP contribution in [0.5, 0.6) is 0 Å². The van der Waals surface area contributed by atoms with Gasteiger partial charge in [-0.25, -0.2) is 4.68 Å². The van der Waals surface area contributed by atoms with E-state index in [2.05, 4.69) is 31.0 Å². The summed E-state index contributed by atoms with van der Waals surface area (Å²) in [6.45, 7) is 5.70. The number of H-pyrrole nitrogens is 1. The highest BCUT2D eigenvalue weighted by Crippen LogP contribution is 2.18. The third-order valence-electron chi connectivity index (χ3n) is 3.91. The zero-order valence-corrected chi connectivity index (χ0v) is 13.8. The summed E-state index contributed by atoms with van der Waals surface area (Å²) in [6.07, 6.45) is 0.257. The second kappa shape index (κ2) is 6.61. The van der Waals surface area contributed by atoms with E-state index in [4.69, 9.17) is 0 Å². The van der Waals surface area contributed by atoms with E-state index in [9.17, 15) is 4.79 Å². The van der Waals surface area contributed by atoms with E-state index < -0.39 is 0 Å². The van der Waals surface area contributed by atoms with Crippen LogP contribution in [0.15, 0.2) is 30.3 Å². The minimum absolute atomic E-state index is 0.105. The van der Waals surface area contributed by atoms with Gasteiger partial charge in [0.15, 0.2) is 5.82 Å². The maximum Gasteiger partial charge on any atom is 0.225 e. The fraction of sp³-hybridized carbons (Fsp3) is 0.312. The summed E-state index contributed by atoms with van der Waals surface area (Å²) in [6, 6.07) is 9.56. The van der Waals surface area contributed by atoms with Crippen LogP contribution in [-0.4, -0.2) is 36.3 Å². The molecule has 1 atom stereocenters. The molecule has 0 aliphatic carbocycles. The van der Waals surface area contributed by atoms with Crippen LogP contribution in [0, 0.1) is 13.8 Å². The number of aryl methyl sites for hydroxylation is 1. The lowest BCUT2D eigenvalue weighted by Crippen LogP contribution is -2.29. The van der Waals surface area contributed by atoms with Crippen molar-refractivity contribution < 1.29 is 4.79 Å². The molecule has 0 aliphatic rings. The standard InChI is InChI=1S/C16H19N7O/c1-10-14(9-15(24)17-11(2)16-18-21-22-19-16)12(3)23(20-10)13-7-5-4-6-8-13/h4-8,11H,9H2,1-3H3,(H,17,24)(H,18,19,21,22). The summed E-state index contributed by atoms with van der Waals surface area (Å²) in [5, 5.41) is 21.1. The largest absolute Gasteiger partial charge is 0.346 e. The first kappa shape index (κ1) is 15.9. The summed E-state index contributed by atoms with van der Waals surface area (Å²) in [5.41, 5.74) is 3.71. The quantitative estimate of drug-likeness (QED) is 0.739. The molecule has 1 aromatic carbocycles. The van der Waals surface area contributed by atoms with E-state index in [-0.39, 0.29) is 18.4 Å². The number of aromatic nitrogens is 6. The van der Waals surface area contributed by atoms with Gasteiger partial charge in [0.1, 0.15) is 0 Å². The second-order valence-electron chi connectivity index (χ2n) is 5.63. The van der Waals surface area contributed by atoms with Crippen LogP contribution in [-0.2, 0) is 11.2 Å². The van der Waals surface area contributed by atoms with Gasteiger partial charge in [0.25, 0.3) is 0 Å². The topological polar surface area (TPSA) is 101 Å². The van der Waals surface area contributed by atoms with Crippen LogP contribution in [0.3, 0.4) is 0 Å². The van der Waals surface area contributed by atoms with E-state index in [1.54, 1.807) is 0 Å². The number of tetrazole rings is 1. The number of hydrogen-bond donors (Lipinski definition) is 2. The van der Waals surface area contributed by atoms with E-state index in [1.807, 2.05) is 55.8 Å². The Hall–Kier alpha value is -3.03. The van der Waals surface area contributed by atoms with Crippen molar-refractivity contribution in [3.63, 3.8) is 0 Å². The number of hydrogen-bond acceptors (Lipinski definition) is 5. The predicted molar refractivity (Wildman–Crippen MR) is 87.5 cm³/mol. The molecule has 1 unspecified atom stereocenters. The van der Waals surface area contributed by atoms with Gasteiger partial charge in [0, 0.05) is 11.3 Å². The van der Waals surface area contributed by atoms with Crippen molar-refractivity contribution in [3.05, 3.63) is 53.1 Å². The van der Waals surface area contributed by atoms with Crippen LogP contribution < -0.4 is 5.32 Å². The van der Waals surface area contributed by atoms with Gasteiger partial charge in [-0.3, -0.25) is 4.79 Å².